The molecular weight excluding hydrogens is 216 g/mol. The second-order valence-electron chi connectivity index (χ2n) is 4.08. The number of nitrogens with one attached hydrogen (secondary N) is 1. The molecule has 0 aliphatic rings. The highest BCUT2D eigenvalue weighted by Gasteiger charge is 2.12. The first-order valence-electron chi connectivity index (χ1n) is 5.49. The molecule has 0 aliphatic carbocycles. The van der Waals surface area contributed by atoms with Gasteiger partial charge in [-0.2, -0.15) is 0 Å². The van der Waals surface area contributed by atoms with E-state index in [1.54, 1.807) is 0 Å². The molecule has 0 aliphatic heterocycles. The number of rotatable bonds is 3. The summed E-state index contributed by atoms with van der Waals surface area (Å²) in [4.78, 5) is 11.8. The third-order valence-corrected chi connectivity index (χ3v) is 2.50. The molecule has 88 valence electrons. The zero-order valence-corrected chi connectivity index (χ0v) is 9.81. The van der Waals surface area contributed by atoms with E-state index < -0.39 is 0 Å². The van der Waals surface area contributed by atoms with Gasteiger partial charge in [0.15, 0.2) is 5.69 Å². The molecule has 0 fully saturated rings. The summed E-state index contributed by atoms with van der Waals surface area (Å²) < 4.78 is 4.64. The molecule has 0 saturated carbocycles. The van der Waals surface area contributed by atoms with E-state index in [-0.39, 0.29) is 11.6 Å². The highest BCUT2D eigenvalue weighted by molar-refractivity contribution is 6.03. The van der Waals surface area contributed by atoms with Gasteiger partial charge in [0.25, 0.3) is 5.91 Å². The molecule has 2 rings (SSSR count). The highest BCUT2D eigenvalue weighted by Crippen LogP contribution is 2.23. The fraction of sp³-hybridized carbons (Fsp3) is 0.231. The molecule has 1 amide bonds. The van der Waals surface area contributed by atoms with Crippen molar-refractivity contribution in [3.63, 3.8) is 0 Å². The normalized spacial score (nSPS) is 10.5. The van der Waals surface area contributed by atoms with Gasteiger partial charge in [-0.3, -0.25) is 4.79 Å². The molecule has 0 unspecified atom stereocenters. The maximum absolute atomic E-state index is 11.8. The van der Waals surface area contributed by atoms with E-state index >= 15 is 0 Å². The van der Waals surface area contributed by atoms with Crippen molar-refractivity contribution in [2.75, 3.05) is 5.32 Å². The lowest BCUT2D eigenvalue weighted by Gasteiger charge is -2.12. The summed E-state index contributed by atoms with van der Waals surface area (Å²) in [5.41, 5.74) is 2.20. The Bertz CT molecular complexity index is 504. The molecule has 2 aromatic rings. The summed E-state index contributed by atoms with van der Waals surface area (Å²) in [5.74, 6) is 0.0932. The molecule has 4 nitrogen and oxygen atoms in total. The van der Waals surface area contributed by atoms with E-state index in [1.165, 1.54) is 12.3 Å². The van der Waals surface area contributed by atoms with Gasteiger partial charge in [-0.05, 0) is 17.5 Å². The molecule has 4 heteroatoms. The highest BCUT2D eigenvalue weighted by atomic mass is 16.5. The largest absolute Gasteiger partial charge is 0.364 e. The summed E-state index contributed by atoms with van der Waals surface area (Å²) in [6.07, 6.45) is 1.38. The van der Waals surface area contributed by atoms with Crippen LogP contribution in [0, 0.1) is 0 Å². The second-order valence-corrected chi connectivity index (χ2v) is 4.08. The number of anilines is 1. The average molecular weight is 230 g/mol. The lowest BCUT2D eigenvalue weighted by atomic mass is 10.0. The molecule has 1 aromatic heterocycles. The fourth-order valence-electron chi connectivity index (χ4n) is 1.63. The van der Waals surface area contributed by atoms with E-state index in [1.807, 2.05) is 24.3 Å². The van der Waals surface area contributed by atoms with Gasteiger partial charge in [-0.15, -0.1) is 0 Å². The van der Waals surface area contributed by atoms with E-state index in [9.17, 15) is 4.79 Å². The van der Waals surface area contributed by atoms with Gasteiger partial charge in [0.2, 0.25) is 0 Å². The standard InChI is InChI=1S/C13H14N2O2/c1-9(2)10-5-3-4-6-11(10)14-13(16)12-7-8-17-15-12/h3-9H,1-2H3,(H,14,16). The van der Waals surface area contributed by atoms with Gasteiger partial charge in [0, 0.05) is 11.8 Å². The van der Waals surface area contributed by atoms with Crippen LogP contribution in [0.3, 0.4) is 0 Å². The lowest BCUT2D eigenvalue weighted by molar-refractivity contribution is 0.101. The van der Waals surface area contributed by atoms with Crippen molar-refractivity contribution in [2.45, 2.75) is 19.8 Å². The number of aromatic nitrogens is 1. The molecule has 0 spiro atoms. The number of amides is 1. The minimum atomic E-state index is -0.258. The van der Waals surface area contributed by atoms with Crippen LogP contribution in [-0.4, -0.2) is 11.1 Å². The smallest absolute Gasteiger partial charge is 0.277 e. The van der Waals surface area contributed by atoms with Gasteiger partial charge in [-0.1, -0.05) is 37.2 Å². The topological polar surface area (TPSA) is 55.1 Å². The zero-order chi connectivity index (χ0) is 12.3. The summed E-state index contributed by atoms with van der Waals surface area (Å²) in [7, 11) is 0. The Hall–Kier alpha value is -2.10. The number of hydrogen-bond acceptors (Lipinski definition) is 3. The van der Waals surface area contributed by atoms with Crippen LogP contribution >= 0.6 is 0 Å². The predicted molar refractivity (Wildman–Crippen MR) is 65.0 cm³/mol. The van der Waals surface area contributed by atoms with Crippen molar-refractivity contribution in [3.05, 3.63) is 47.9 Å². The summed E-state index contributed by atoms with van der Waals surface area (Å²) in [6, 6.07) is 9.27. The molecule has 1 aromatic carbocycles. The summed E-state index contributed by atoms with van der Waals surface area (Å²) in [6.45, 7) is 4.17. The molecule has 1 heterocycles. The van der Waals surface area contributed by atoms with Crippen molar-refractivity contribution in [1.82, 2.24) is 5.16 Å². The average Bonchev–Trinajstić information content (AvgIpc) is 2.83. The first-order chi connectivity index (χ1) is 8.18. The van der Waals surface area contributed by atoms with Gasteiger partial charge >= 0.3 is 0 Å². The van der Waals surface area contributed by atoms with E-state index in [2.05, 4.69) is 28.8 Å². The fourth-order valence-corrected chi connectivity index (χ4v) is 1.63. The maximum Gasteiger partial charge on any atom is 0.277 e. The quantitative estimate of drug-likeness (QED) is 0.881. The molecule has 1 N–H and O–H groups in total. The van der Waals surface area contributed by atoms with Gasteiger partial charge in [-0.25, -0.2) is 0 Å². The van der Waals surface area contributed by atoms with Crippen LogP contribution in [0.4, 0.5) is 5.69 Å². The summed E-state index contributed by atoms with van der Waals surface area (Å²) in [5, 5.41) is 6.43. The van der Waals surface area contributed by atoms with E-state index in [0.717, 1.165) is 11.3 Å². The van der Waals surface area contributed by atoms with Crippen LogP contribution in [0.2, 0.25) is 0 Å². The van der Waals surface area contributed by atoms with Crippen LogP contribution in [0.5, 0.6) is 0 Å². The Balaban J connectivity index is 2.22. The number of benzene rings is 1. The number of carbonyl (C=O) groups excluding carboxylic acids is 1. The Morgan fingerprint density at radius 1 is 1.29 bits per heavy atom. The molecule has 0 saturated heterocycles. The SMILES string of the molecule is CC(C)c1ccccc1NC(=O)c1ccon1. The number of para-hydroxylation sites is 1. The van der Waals surface area contributed by atoms with E-state index in [0.29, 0.717) is 5.92 Å². The maximum atomic E-state index is 11.8. The van der Waals surface area contributed by atoms with Crippen molar-refractivity contribution in [1.29, 1.82) is 0 Å². The predicted octanol–water partition coefficient (Wildman–Crippen LogP) is 3.05. The van der Waals surface area contributed by atoms with Crippen molar-refractivity contribution in [3.8, 4) is 0 Å². The van der Waals surface area contributed by atoms with Crippen LogP contribution in [0.25, 0.3) is 0 Å². The molecular formula is C13H14N2O2. The van der Waals surface area contributed by atoms with Gasteiger partial charge < -0.3 is 9.84 Å². The second kappa shape index (κ2) is 4.82. The van der Waals surface area contributed by atoms with Crippen LogP contribution in [-0.2, 0) is 0 Å². The van der Waals surface area contributed by atoms with Crippen molar-refractivity contribution < 1.29 is 9.32 Å². The van der Waals surface area contributed by atoms with Crippen LogP contribution < -0.4 is 5.32 Å². The molecule has 0 radical (unpaired) electrons. The van der Waals surface area contributed by atoms with Crippen LogP contribution in [0.1, 0.15) is 35.8 Å². The minimum Gasteiger partial charge on any atom is -0.364 e. The van der Waals surface area contributed by atoms with Crippen molar-refractivity contribution >= 4 is 11.6 Å². The number of carbonyl (C=O) groups is 1. The van der Waals surface area contributed by atoms with E-state index in [4.69, 9.17) is 0 Å². The first-order valence-corrected chi connectivity index (χ1v) is 5.49. The van der Waals surface area contributed by atoms with Crippen LogP contribution in [0.15, 0.2) is 41.1 Å². The van der Waals surface area contributed by atoms with Crippen molar-refractivity contribution in [2.24, 2.45) is 0 Å². The molecule has 17 heavy (non-hydrogen) atoms. The lowest BCUT2D eigenvalue weighted by Crippen LogP contribution is -2.13. The summed E-state index contributed by atoms with van der Waals surface area (Å²) >= 11 is 0. The number of nitrogens with zero attached hydrogens (tertiary/aromatic N) is 1. The monoisotopic (exact) mass is 230 g/mol. The number of hydrogen-bond donors (Lipinski definition) is 1. The Morgan fingerprint density at radius 3 is 2.71 bits per heavy atom. The van der Waals surface area contributed by atoms with Gasteiger partial charge in [0.1, 0.15) is 6.26 Å². The Labute approximate surface area is 99.6 Å². The third-order valence-electron chi connectivity index (χ3n) is 2.50. The Kier molecular flexibility index (Phi) is 3.23. The third kappa shape index (κ3) is 2.53. The molecule has 0 atom stereocenters. The zero-order valence-electron chi connectivity index (χ0n) is 9.81. The Morgan fingerprint density at radius 2 is 2.06 bits per heavy atom. The molecule has 0 bridgehead atoms. The first kappa shape index (κ1) is 11.4. The van der Waals surface area contributed by atoms with Gasteiger partial charge in [0.05, 0.1) is 0 Å². The minimum absolute atomic E-state index is 0.258.